The number of aromatic nitrogens is 1. The second-order valence-corrected chi connectivity index (χ2v) is 6.89. The highest BCUT2D eigenvalue weighted by Gasteiger charge is 2.25. The van der Waals surface area contributed by atoms with E-state index in [2.05, 4.69) is 17.1 Å². The average molecular weight is 366 g/mol. The topological polar surface area (TPSA) is 45.2 Å². The highest BCUT2D eigenvalue weighted by atomic mass is 35.5. The Balaban J connectivity index is 1.84. The normalized spacial score (nSPS) is 14.2. The molecule has 3 aromatic rings. The molecule has 4 rings (SSSR count). The van der Waals surface area contributed by atoms with Crippen LogP contribution in [0.25, 0.3) is 10.9 Å². The summed E-state index contributed by atoms with van der Waals surface area (Å²) < 4.78 is 0. The predicted octanol–water partition coefficient (Wildman–Crippen LogP) is 4.52. The molecule has 2 heterocycles. The predicted molar refractivity (Wildman–Crippen MR) is 106 cm³/mol. The second-order valence-electron chi connectivity index (χ2n) is 6.48. The highest BCUT2D eigenvalue weighted by molar-refractivity contribution is 6.34. The van der Waals surface area contributed by atoms with Gasteiger partial charge in [-0.3, -0.25) is 14.7 Å². The largest absolute Gasteiger partial charge is 0.321 e. The molecule has 0 aliphatic carbocycles. The molecule has 0 spiro atoms. The van der Waals surface area contributed by atoms with Crippen LogP contribution < -0.4 is 5.32 Å². The summed E-state index contributed by atoms with van der Waals surface area (Å²) in [6, 6.07) is 15.1. The molecule has 0 saturated heterocycles. The first-order valence-electron chi connectivity index (χ1n) is 8.86. The fourth-order valence-corrected chi connectivity index (χ4v) is 3.71. The highest BCUT2D eigenvalue weighted by Crippen LogP contribution is 2.29. The van der Waals surface area contributed by atoms with Crippen molar-refractivity contribution >= 4 is 34.1 Å². The number of pyridine rings is 1. The fourth-order valence-electron chi connectivity index (χ4n) is 3.52. The van der Waals surface area contributed by atoms with E-state index in [-0.39, 0.29) is 5.91 Å². The van der Waals surface area contributed by atoms with Crippen molar-refractivity contribution in [2.45, 2.75) is 19.9 Å². The molecule has 0 saturated carbocycles. The SMILES string of the molecule is CCN1CCc2nc3ccccc3c(C(=O)Nc3ccccc3Cl)c2C1. The molecule has 1 aliphatic heterocycles. The zero-order valence-corrected chi connectivity index (χ0v) is 15.4. The van der Waals surface area contributed by atoms with Crippen molar-refractivity contribution in [1.29, 1.82) is 0 Å². The molecule has 132 valence electrons. The quantitative estimate of drug-likeness (QED) is 0.742. The standard InChI is InChI=1S/C21H20ClN3O/c1-2-25-12-11-18-15(13-25)20(14-7-3-5-9-17(14)23-18)21(26)24-19-10-6-4-8-16(19)22/h3-10H,2,11-13H2,1H3,(H,24,26). The van der Waals surface area contributed by atoms with Crippen molar-refractivity contribution in [3.05, 3.63) is 70.4 Å². The van der Waals surface area contributed by atoms with Crippen molar-refractivity contribution in [2.75, 3.05) is 18.4 Å². The van der Waals surface area contributed by atoms with Crippen LogP contribution in [0, 0.1) is 0 Å². The zero-order chi connectivity index (χ0) is 18.1. The molecule has 0 unspecified atom stereocenters. The van der Waals surface area contributed by atoms with E-state index >= 15 is 0 Å². The minimum Gasteiger partial charge on any atom is -0.321 e. The van der Waals surface area contributed by atoms with Gasteiger partial charge in [-0.15, -0.1) is 0 Å². The summed E-state index contributed by atoms with van der Waals surface area (Å²) in [5.41, 5.74) is 4.25. The molecule has 0 bridgehead atoms. The number of hydrogen-bond donors (Lipinski definition) is 1. The summed E-state index contributed by atoms with van der Waals surface area (Å²) in [7, 11) is 0. The molecular formula is C21H20ClN3O. The number of likely N-dealkylation sites (N-methyl/N-ethyl adjacent to an activating group) is 1. The number of hydrogen-bond acceptors (Lipinski definition) is 3. The first-order valence-corrected chi connectivity index (χ1v) is 9.24. The zero-order valence-electron chi connectivity index (χ0n) is 14.6. The van der Waals surface area contributed by atoms with Gasteiger partial charge in [0.1, 0.15) is 0 Å². The molecule has 1 aromatic heterocycles. The van der Waals surface area contributed by atoms with E-state index in [1.165, 1.54) is 0 Å². The van der Waals surface area contributed by atoms with Crippen LogP contribution in [0.5, 0.6) is 0 Å². The smallest absolute Gasteiger partial charge is 0.256 e. The van der Waals surface area contributed by atoms with Gasteiger partial charge in [-0.25, -0.2) is 0 Å². The summed E-state index contributed by atoms with van der Waals surface area (Å²) in [6.07, 6.45) is 0.861. The second kappa shape index (κ2) is 7.06. The molecule has 0 fully saturated rings. The lowest BCUT2D eigenvalue weighted by Crippen LogP contribution is -2.33. The van der Waals surface area contributed by atoms with E-state index < -0.39 is 0 Å². The van der Waals surface area contributed by atoms with E-state index in [1.807, 2.05) is 42.5 Å². The van der Waals surface area contributed by atoms with Crippen LogP contribution >= 0.6 is 11.6 Å². The monoisotopic (exact) mass is 365 g/mol. The van der Waals surface area contributed by atoms with Gasteiger partial charge >= 0.3 is 0 Å². The van der Waals surface area contributed by atoms with Crippen molar-refractivity contribution in [3.63, 3.8) is 0 Å². The number of fused-ring (bicyclic) bond motifs is 2. The number of rotatable bonds is 3. The summed E-state index contributed by atoms with van der Waals surface area (Å²) >= 11 is 6.23. The number of halogens is 1. The van der Waals surface area contributed by atoms with Crippen LogP contribution in [0.3, 0.4) is 0 Å². The minimum absolute atomic E-state index is 0.133. The minimum atomic E-state index is -0.133. The number of anilines is 1. The molecule has 26 heavy (non-hydrogen) atoms. The van der Waals surface area contributed by atoms with E-state index in [1.54, 1.807) is 6.07 Å². The van der Waals surface area contributed by atoms with Gasteiger partial charge in [0.15, 0.2) is 0 Å². The third kappa shape index (κ3) is 3.06. The van der Waals surface area contributed by atoms with Gasteiger partial charge in [0.05, 0.1) is 21.8 Å². The van der Waals surface area contributed by atoms with E-state index in [0.29, 0.717) is 16.3 Å². The summed E-state index contributed by atoms with van der Waals surface area (Å²) in [5.74, 6) is -0.133. The average Bonchev–Trinajstić information content (AvgIpc) is 2.67. The maximum absolute atomic E-state index is 13.2. The van der Waals surface area contributed by atoms with Crippen LogP contribution in [-0.4, -0.2) is 28.9 Å². The van der Waals surface area contributed by atoms with Crippen LogP contribution in [0.4, 0.5) is 5.69 Å². The maximum atomic E-state index is 13.2. The van der Waals surface area contributed by atoms with Crippen LogP contribution in [0.2, 0.25) is 5.02 Å². The fraction of sp³-hybridized carbons (Fsp3) is 0.238. The number of carbonyl (C=O) groups is 1. The van der Waals surface area contributed by atoms with Gasteiger partial charge in [-0.2, -0.15) is 0 Å². The number of nitrogens with zero attached hydrogens (tertiary/aromatic N) is 2. The molecule has 0 atom stereocenters. The lowest BCUT2D eigenvalue weighted by Gasteiger charge is -2.29. The Kier molecular flexibility index (Phi) is 4.62. The Morgan fingerprint density at radius 3 is 2.77 bits per heavy atom. The Bertz CT molecular complexity index is 986. The van der Waals surface area contributed by atoms with Crippen molar-refractivity contribution in [2.24, 2.45) is 0 Å². The molecule has 1 aliphatic rings. The summed E-state index contributed by atoms with van der Waals surface area (Å²) in [5, 5.41) is 4.40. The van der Waals surface area contributed by atoms with Crippen LogP contribution in [-0.2, 0) is 13.0 Å². The van der Waals surface area contributed by atoms with Gasteiger partial charge in [-0.05, 0) is 24.7 Å². The number of benzene rings is 2. The van der Waals surface area contributed by atoms with E-state index in [9.17, 15) is 4.79 Å². The molecular weight excluding hydrogens is 346 g/mol. The maximum Gasteiger partial charge on any atom is 0.256 e. The van der Waals surface area contributed by atoms with Gasteiger partial charge in [0.2, 0.25) is 0 Å². The lowest BCUT2D eigenvalue weighted by molar-refractivity contribution is 0.102. The number of para-hydroxylation sites is 2. The van der Waals surface area contributed by atoms with E-state index in [0.717, 1.165) is 48.2 Å². The van der Waals surface area contributed by atoms with Gasteiger partial charge in [0.25, 0.3) is 5.91 Å². The number of carbonyl (C=O) groups excluding carboxylic acids is 1. The van der Waals surface area contributed by atoms with Crippen LogP contribution in [0.1, 0.15) is 28.5 Å². The number of amides is 1. The van der Waals surface area contributed by atoms with Crippen molar-refractivity contribution in [3.8, 4) is 0 Å². The first kappa shape index (κ1) is 17.0. The molecule has 5 heteroatoms. The molecule has 1 amide bonds. The number of nitrogens with one attached hydrogen (secondary N) is 1. The van der Waals surface area contributed by atoms with Gasteiger partial charge in [0, 0.05) is 36.2 Å². The third-order valence-electron chi connectivity index (χ3n) is 4.92. The molecule has 4 nitrogen and oxygen atoms in total. The van der Waals surface area contributed by atoms with E-state index in [4.69, 9.17) is 16.6 Å². The van der Waals surface area contributed by atoms with Gasteiger partial charge in [-0.1, -0.05) is 48.9 Å². The Labute approximate surface area is 157 Å². The Morgan fingerprint density at radius 1 is 1.19 bits per heavy atom. The molecule has 1 N–H and O–H groups in total. The Hall–Kier alpha value is -2.43. The van der Waals surface area contributed by atoms with Crippen molar-refractivity contribution < 1.29 is 4.79 Å². The van der Waals surface area contributed by atoms with Crippen molar-refractivity contribution in [1.82, 2.24) is 9.88 Å². The molecule has 0 radical (unpaired) electrons. The lowest BCUT2D eigenvalue weighted by atomic mass is 9.95. The summed E-state index contributed by atoms with van der Waals surface area (Å²) in [4.78, 5) is 20.4. The Morgan fingerprint density at radius 2 is 1.96 bits per heavy atom. The van der Waals surface area contributed by atoms with Gasteiger partial charge < -0.3 is 5.32 Å². The first-order chi connectivity index (χ1) is 12.7. The molecule has 2 aromatic carbocycles. The summed E-state index contributed by atoms with van der Waals surface area (Å²) in [6.45, 7) is 4.82. The van der Waals surface area contributed by atoms with Crippen LogP contribution in [0.15, 0.2) is 48.5 Å². The third-order valence-corrected chi connectivity index (χ3v) is 5.25.